The van der Waals surface area contributed by atoms with Crippen LogP contribution in [0.2, 0.25) is 0 Å². The number of fused-ring (bicyclic) bond motifs is 1. The third-order valence-electron chi connectivity index (χ3n) is 5.25. The monoisotopic (exact) mass is 344 g/mol. The molecule has 1 aromatic carbocycles. The molecule has 2 heterocycles. The Labute approximate surface area is 139 Å². The van der Waals surface area contributed by atoms with Crippen molar-refractivity contribution in [3.05, 3.63) is 28.3 Å². The lowest BCUT2D eigenvalue weighted by Gasteiger charge is -2.22. The summed E-state index contributed by atoms with van der Waals surface area (Å²) in [6.07, 6.45) is 0. The van der Waals surface area contributed by atoms with Crippen molar-refractivity contribution in [3.8, 4) is 0 Å². The van der Waals surface area contributed by atoms with Crippen LogP contribution in [0, 0.1) is 39.5 Å². The van der Waals surface area contributed by atoms with Crippen LogP contribution >= 0.6 is 12.4 Å². The highest BCUT2D eigenvalue weighted by Gasteiger charge is 2.42. The molecule has 0 saturated carbocycles. The fraction of sp³-hybridized carbons (Fsp3) is 0.625. The molecular formula is C16H25ClN2O2S. The Morgan fingerprint density at radius 1 is 1.00 bits per heavy atom. The van der Waals surface area contributed by atoms with Crippen LogP contribution in [0.15, 0.2) is 11.0 Å². The summed E-state index contributed by atoms with van der Waals surface area (Å²) in [6.45, 7) is 11.0. The van der Waals surface area contributed by atoms with E-state index in [0.29, 0.717) is 29.8 Å². The van der Waals surface area contributed by atoms with Gasteiger partial charge in [0.05, 0.1) is 4.90 Å². The highest BCUT2D eigenvalue weighted by Crippen LogP contribution is 2.34. The van der Waals surface area contributed by atoms with Gasteiger partial charge in [-0.3, -0.25) is 0 Å². The van der Waals surface area contributed by atoms with E-state index in [1.54, 1.807) is 4.31 Å². The topological polar surface area (TPSA) is 49.4 Å². The molecule has 2 saturated heterocycles. The first-order chi connectivity index (χ1) is 9.82. The lowest BCUT2D eigenvalue weighted by atomic mass is 10.0. The van der Waals surface area contributed by atoms with Crippen molar-refractivity contribution < 1.29 is 8.42 Å². The van der Waals surface area contributed by atoms with Crippen LogP contribution in [0.3, 0.4) is 0 Å². The predicted molar refractivity (Wildman–Crippen MR) is 91.2 cm³/mol. The lowest BCUT2D eigenvalue weighted by molar-refractivity contribution is 0.447. The summed E-state index contributed by atoms with van der Waals surface area (Å²) in [7, 11) is -3.38. The average Bonchev–Trinajstić information content (AvgIpc) is 2.97. The van der Waals surface area contributed by atoms with Crippen molar-refractivity contribution >= 4 is 22.4 Å². The van der Waals surface area contributed by atoms with E-state index in [4.69, 9.17) is 0 Å². The van der Waals surface area contributed by atoms with E-state index in [-0.39, 0.29) is 12.4 Å². The summed E-state index contributed by atoms with van der Waals surface area (Å²) in [6, 6.07) is 2.08. The molecule has 2 atom stereocenters. The molecule has 0 radical (unpaired) electrons. The zero-order valence-electron chi connectivity index (χ0n) is 13.6. The second-order valence-electron chi connectivity index (χ2n) is 6.59. The standard InChI is InChI=1S/C16H24N2O2S.ClH/c1-10-5-11(2)13(4)16(12(10)3)21(19,20)18-8-14-6-17-7-15(14)9-18;/h5,14-15,17H,6-9H2,1-4H3;1H/t14-,15+;. The number of halogens is 1. The van der Waals surface area contributed by atoms with Crippen molar-refractivity contribution in [2.45, 2.75) is 32.6 Å². The summed E-state index contributed by atoms with van der Waals surface area (Å²) in [4.78, 5) is 0.535. The van der Waals surface area contributed by atoms with Crippen LogP contribution in [-0.2, 0) is 10.0 Å². The van der Waals surface area contributed by atoms with Gasteiger partial charge in [-0.05, 0) is 74.9 Å². The lowest BCUT2D eigenvalue weighted by Crippen LogP contribution is -2.33. The molecule has 0 aromatic heterocycles. The number of hydrogen-bond donors (Lipinski definition) is 1. The Morgan fingerprint density at radius 3 is 1.91 bits per heavy atom. The van der Waals surface area contributed by atoms with Gasteiger partial charge < -0.3 is 5.32 Å². The molecule has 22 heavy (non-hydrogen) atoms. The third-order valence-corrected chi connectivity index (χ3v) is 7.36. The fourth-order valence-corrected chi connectivity index (χ4v) is 5.83. The minimum Gasteiger partial charge on any atom is -0.316 e. The van der Waals surface area contributed by atoms with Crippen molar-refractivity contribution in [1.82, 2.24) is 9.62 Å². The number of rotatable bonds is 2. The number of nitrogens with zero attached hydrogens (tertiary/aromatic N) is 1. The Hall–Kier alpha value is -0.620. The highest BCUT2D eigenvalue weighted by molar-refractivity contribution is 7.89. The van der Waals surface area contributed by atoms with Crippen LogP contribution in [0.4, 0.5) is 0 Å². The van der Waals surface area contributed by atoms with Gasteiger partial charge in [0.25, 0.3) is 0 Å². The predicted octanol–water partition coefficient (Wildman–Crippen LogP) is 2.18. The van der Waals surface area contributed by atoms with Crippen LogP contribution < -0.4 is 5.32 Å². The first-order valence-electron chi connectivity index (χ1n) is 7.60. The molecule has 2 aliphatic rings. The van der Waals surface area contributed by atoms with Gasteiger partial charge in [0.2, 0.25) is 10.0 Å². The van der Waals surface area contributed by atoms with Gasteiger partial charge in [-0.2, -0.15) is 4.31 Å². The molecule has 0 amide bonds. The number of nitrogens with one attached hydrogen (secondary N) is 1. The van der Waals surface area contributed by atoms with Gasteiger partial charge in [0, 0.05) is 13.1 Å². The van der Waals surface area contributed by atoms with Crippen molar-refractivity contribution in [3.63, 3.8) is 0 Å². The molecule has 6 heteroatoms. The van der Waals surface area contributed by atoms with E-state index in [0.717, 1.165) is 35.3 Å². The maximum Gasteiger partial charge on any atom is 0.243 e. The van der Waals surface area contributed by atoms with Crippen molar-refractivity contribution in [2.24, 2.45) is 11.8 Å². The molecular weight excluding hydrogens is 320 g/mol. The van der Waals surface area contributed by atoms with E-state index in [1.165, 1.54) is 0 Å². The van der Waals surface area contributed by atoms with E-state index < -0.39 is 10.0 Å². The highest BCUT2D eigenvalue weighted by atomic mass is 35.5. The largest absolute Gasteiger partial charge is 0.316 e. The van der Waals surface area contributed by atoms with Crippen LogP contribution in [0.25, 0.3) is 0 Å². The maximum atomic E-state index is 13.1. The zero-order chi connectivity index (χ0) is 15.4. The number of hydrogen-bond acceptors (Lipinski definition) is 3. The Morgan fingerprint density at radius 2 is 1.45 bits per heavy atom. The van der Waals surface area contributed by atoms with Gasteiger partial charge in [-0.25, -0.2) is 8.42 Å². The number of sulfonamides is 1. The molecule has 1 N–H and O–H groups in total. The van der Waals surface area contributed by atoms with Crippen LogP contribution in [0.1, 0.15) is 22.3 Å². The Kier molecular flexibility index (Phi) is 4.93. The first kappa shape index (κ1) is 17.7. The van der Waals surface area contributed by atoms with Gasteiger partial charge in [0.1, 0.15) is 0 Å². The third kappa shape index (κ3) is 2.68. The van der Waals surface area contributed by atoms with Gasteiger partial charge >= 0.3 is 0 Å². The Bertz CT molecular complexity index is 650. The molecule has 2 aliphatic heterocycles. The molecule has 0 aliphatic carbocycles. The summed E-state index contributed by atoms with van der Waals surface area (Å²) < 4.78 is 27.9. The van der Waals surface area contributed by atoms with E-state index >= 15 is 0 Å². The molecule has 0 unspecified atom stereocenters. The first-order valence-corrected chi connectivity index (χ1v) is 9.04. The van der Waals surface area contributed by atoms with Gasteiger partial charge in [-0.1, -0.05) is 6.07 Å². The molecule has 0 bridgehead atoms. The summed E-state index contributed by atoms with van der Waals surface area (Å²) in [5.41, 5.74) is 3.90. The molecule has 1 aromatic rings. The summed E-state index contributed by atoms with van der Waals surface area (Å²) in [5.74, 6) is 0.956. The number of aryl methyl sites for hydroxylation is 2. The summed E-state index contributed by atoms with van der Waals surface area (Å²) >= 11 is 0. The smallest absolute Gasteiger partial charge is 0.243 e. The minimum atomic E-state index is -3.38. The maximum absolute atomic E-state index is 13.1. The van der Waals surface area contributed by atoms with Crippen molar-refractivity contribution in [1.29, 1.82) is 0 Å². The van der Waals surface area contributed by atoms with Crippen molar-refractivity contribution in [2.75, 3.05) is 26.2 Å². The molecule has 124 valence electrons. The second kappa shape index (κ2) is 6.11. The quantitative estimate of drug-likeness (QED) is 0.894. The van der Waals surface area contributed by atoms with Crippen LogP contribution in [-0.4, -0.2) is 38.9 Å². The summed E-state index contributed by atoms with van der Waals surface area (Å²) in [5, 5.41) is 3.36. The second-order valence-corrected chi connectivity index (χ2v) is 8.46. The fourth-order valence-electron chi connectivity index (χ4n) is 3.71. The van der Waals surface area contributed by atoms with E-state index in [1.807, 2.05) is 27.7 Å². The zero-order valence-corrected chi connectivity index (χ0v) is 15.3. The Balaban J connectivity index is 0.00000176. The average molecular weight is 345 g/mol. The van der Waals surface area contributed by atoms with Crippen LogP contribution in [0.5, 0.6) is 0 Å². The van der Waals surface area contributed by atoms with E-state index in [9.17, 15) is 8.42 Å². The SMILES string of the molecule is Cc1cc(C)c(C)c(S(=O)(=O)N2C[C@H]3CNC[C@H]3C2)c1C.Cl. The molecule has 0 spiro atoms. The minimum absolute atomic E-state index is 0. The van der Waals surface area contributed by atoms with Gasteiger partial charge in [0.15, 0.2) is 0 Å². The van der Waals surface area contributed by atoms with E-state index in [2.05, 4.69) is 11.4 Å². The normalized spacial score (nSPS) is 25.1. The molecule has 4 nitrogen and oxygen atoms in total. The number of benzene rings is 1. The molecule has 2 fully saturated rings. The van der Waals surface area contributed by atoms with Gasteiger partial charge in [-0.15, -0.1) is 12.4 Å². The molecule has 3 rings (SSSR count).